The Morgan fingerprint density at radius 1 is 1.14 bits per heavy atom. The molecular formula is C19H24N4O4S. The largest absolute Gasteiger partial charge is 0.327 e. The van der Waals surface area contributed by atoms with E-state index in [9.17, 15) is 18.0 Å². The summed E-state index contributed by atoms with van der Waals surface area (Å²) in [6, 6.07) is 7.42. The van der Waals surface area contributed by atoms with Gasteiger partial charge in [-0.3, -0.25) is 9.69 Å². The minimum atomic E-state index is -3.72. The molecule has 2 aliphatic heterocycles. The van der Waals surface area contributed by atoms with Crippen LogP contribution in [0.2, 0.25) is 0 Å². The standard InChI is InChI=1S/C19H24N4O4S/c1-14(2)13-23-18(25)21(3)17(24)19(23)8-10-22(11-9-19)28(26,27)16-6-4-15(12-20)5-7-16/h4-7,14H,8-11,13H2,1-3H3. The number of likely N-dealkylation sites (N-methyl/N-ethyl adjacent to an activating group) is 1. The predicted octanol–water partition coefficient (Wildman–Crippen LogP) is 1.63. The molecule has 1 spiro atoms. The molecule has 0 aromatic heterocycles. The van der Waals surface area contributed by atoms with Crippen molar-refractivity contribution in [3.05, 3.63) is 29.8 Å². The minimum Gasteiger partial charge on any atom is -0.309 e. The Morgan fingerprint density at radius 2 is 1.71 bits per heavy atom. The third kappa shape index (κ3) is 3.16. The predicted molar refractivity (Wildman–Crippen MR) is 102 cm³/mol. The van der Waals surface area contributed by atoms with E-state index in [4.69, 9.17) is 5.26 Å². The number of carbonyl (C=O) groups is 2. The number of sulfonamides is 1. The second-order valence-corrected chi connectivity index (χ2v) is 9.66. The summed E-state index contributed by atoms with van der Waals surface area (Å²) in [5.74, 6) is -0.0610. The van der Waals surface area contributed by atoms with Crippen molar-refractivity contribution in [2.24, 2.45) is 5.92 Å². The van der Waals surface area contributed by atoms with Crippen LogP contribution in [0.5, 0.6) is 0 Å². The van der Waals surface area contributed by atoms with Crippen molar-refractivity contribution in [3.8, 4) is 6.07 Å². The first-order valence-corrected chi connectivity index (χ1v) is 10.7. The summed E-state index contributed by atoms with van der Waals surface area (Å²) >= 11 is 0. The highest BCUT2D eigenvalue weighted by Crippen LogP contribution is 2.38. The molecule has 2 aliphatic rings. The molecule has 1 aromatic carbocycles. The van der Waals surface area contributed by atoms with Gasteiger partial charge in [0, 0.05) is 26.7 Å². The molecule has 0 saturated carbocycles. The highest BCUT2D eigenvalue weighted by Gasteiger charge is 2.57. The quantitative estimate of drug-likeness (QED) is 0.710. The average Bonchev–Trinajstić information content (AvgIpc) is 2.84. The van der Waals surface area contributed by atoms with Gasteiger partial charge < -0.3 is 4.90 Å². The van der Waals surface area contributed by atoms with Crippen molar-refractivity contribution in [1.82, 2.24) is 14.1 Å². The minimum absolute atomic E-state index is 0.118. The highest BCUT2D eigenvalue weighted by atomic mass is 32.2. The van der Waals surface area contributed by atoms with E-state index in [2.05, 4.69) is 0 Å². The molecule has 9 heteroatoms. The van der Waals surface area contributed by atoms with Crippen LogP contribution in [-0.2, 0) is 14.8 Å². The summed E-state index contributed by atoms with van der Waals surface area (Å²) in [7, 11) is -2.24. The summed E-state index contributed by atoms with van der Waals surface area (Å²) in [4.78, 5) is 28.3. The number of hydrogen-bond acceptors (Lipinski definition) is 5. The van der Waals surface area contributed by atoms with Gasteiger partial charge in [0.1, 0.15) is 5.54 Å². The summed E-state index contributed by atoms with van der Waals surface area (Å²) in [6.45, 7) is 4.73. The Labute approximate surface area is 165 Å². The van der Waals surface area contributed by atoms with E-state index in [0.717, 1.165) is 4.90 Å². The molecular weight excluding hydrogens is 380 g/mol. The van der Waals surface area contributed by atoms with Crippen LogP contribution in [0.3, 0.4) is 0 Å². The Bertz CT molecular complexity index is 926. The maximum absolute atomic E-state index is 12.9. The van der Waals surface area contributed by atoms with Gasteiger partial charge in [0.15, 0.2) is 0 Å². The fraction of sp³-hybridized carbons (Fsp3) is 0.526. The molecule has 28 heavy (non-hydrogen) atoms. The zero-order valence-electron chi connectivity index (χ0n) is 16.3. The average molecular weight is 404 g/mol. The first kappa shape index (κ1) is 20.3. The van der Waals surface area contributed by atoms with E-state index >= 15 is 0 Å². The molecule has 0 aliphatic carbocycles. The first-order chi connectivity index (χ1) is 13.1. The molecule has 0 radical (unpaired) electrons. The molecule has 1 aromatic rings. The molecule has 3 amide bonds. The number of nitrogens with zero attached hydrogens (tertiary/aromatic N) is 4. The fourth-order valence-corrected chi connectivity index (χ4v) is 5.37. The van der Waals surface area contributed by atoms with Crippen LogP contribution in [0.4, 0.5) is 4.79 Å². The van der Waals surface area contributed by atoms with E-state index in [1.54, 1.807) is 4.90 Å². The monoisotopic (exact) mass is 404 g/mol. The molecule has 0 unspecified atom stereocenters. The molecule has 2 fully saturated rings. The van der Waals surface area contributed by atoms with E-state index in [-0.39, 0.29) is 48.7 Å². The number of piperidine rings is 1. The lowest BCUT2D eigenvalue weighted by Crippen LogP contribution is -2.57. The van der Waals surface area contributed by atoms with Crippen LogP contribution in [0.1, 0.15) is 32.3 Å². The summed E-state index contributed by atoms with van der Waals surface area (Å²) in [6.07, 6.45) is 0.536. The molecule has 2 saturated heterocycles. The van der Waals surface area contributed by atoms with Crippen molar-refractivity contribution in [1.29, 1.82) is 5.26 Å². The normalized spacial score (nSPS) is 20.2. The molecule has 3 rings (SSSR count). The van der Waals surface area contributed by atoms with Crippen molar-refractivity contribution < 1.29 is 18.0 Å². The number of benzene rings is 1. The lowest BCUT2D eigenvalue weighted by Gasteiger charge is -2.42. The van der Waals surface area contributed by atoms with Gasteiger partial charge in [-0.05, 0) is 43.0 Å². The van der Waals surface area contributed by atoms with Gasteiger partial charge in [0.2, 0.25) is 10.0 Å². The Balaban J connectivity index is 1.83. The number of carbonyl (C=O) groups excluding carboxylic acids is 2. The second kappa shape index (κ2) is 7.18. The van der Waals surface area contributed by atoms with Crippen LogP contribution in [0.25, 0.3) is 0 Å². The zero-order valence-corrected chi connectivity index (χ0v) is 17.1. The fourth-order valence-electron chi connectivity index (χ4n) is 3.93. The molecule has 150 valence electrons. The van der Waals surface area contributed by atoms with Gasteiger partial charge in [0.25, 0.3) is 5.91 Å². The second-order valence-electron chi connectivity index (χ2n) is 7.72. The van der Waals surface area contributed by atoms with Crippen molar-refractivity contribution in [2.75, 3.05) is 26.7 Å². The van der Waals surface area contributed by atoms with Gasteiger partial charge >= 0.3 is 6.03 Å². The van der Waals surface area contributed by atoms with Gasteiger partial charge in [-0.25, -0.2) is 13.2 Å². The lowest BCUT2D eigenvalue weighted by atomic mass is 9.86. The van der Waals surface area contributed by atoms with E-state index in [1.807, 2.05) is 19.9 Å². The SMILES string of the molecule is CC(C)CN1C(=O)N(C)C(=O)C12CCN(S(=O)(=O)c1ccc(C#N)cc1)CC2. The highest BCUT2D eigenvalue weighted by molar-refractivity contribution is 7.89. The third-order valence-corrected chi connectivity index (χ3v) is 7.37. The number of urea groups is 1. The Hall–Kier alpha value is -2.44. The number of rotatable bonds is 4. The number of nitriles is 1. The van der Waals surface area contributed by atoms with E-state index < -0.39 is 15.6 Å². The van der Waals surface area contributed by atoms with Crippen molar-refractivity contribution >= 4 is 22.0 Å². The van der Waals surface area contributed by atoms with Crippen LogP contribution in [-0.4, -0.2) is 66.7 Å². The van der Waals surface area contributed by atoms with E-state index in [1.165, 1.54) is 35.6 Å². The van der Waals surface area contributed by atoms with Gasteiger partial charge in [-0.15, -0.1) is 0 Å². The molecule has 0 atom stereocenters. The Kier molecular flexibility index (Phi) is 5.21. The lowest BCUT2D eigenvalue weighted by molar-refractivity contribution is -0.134. The number of amides is 3. The van der Waals surface area contributed by atoms with Crippen LogP contribution >= 0.6 is 0 Å². The third-order valence-electron chi connectivity index (χ3n) is 5.46. The zero-order chi connectivity index (χ0) is 20.7. The first-order valence-electron chi connectivity index (χ1n) is 9.23. The molecule has 8 nitrogen and oxygen atoms in total. The van der Waals surface area contributed by atoms with Crippen LogP contribution in [0.15, 0.2) is 29.2 Å². The van der Waals surface area contributed by atoms with Gasteiger partial charge in [-0.2, -0.15) is 9.57 Å². The maximum atomic E-state index is 12.9. The van der Waals surface area contributed by atoms with Crippen molar-refractivity contribution in [3.63, 3.8) is 0 Å². The summed E-state index contributed by atoms with van der Waals surface area (Å²) < 4.78 is 27.2. The van der Waals surface area contributed by atoms with Crippen LogP contribution < -0.4 is 0 Å². The maximum Gasteiger partial charge on any atom is 0.327 e. The number of imide groups is 1. The van der Waals surface area contributed by atoms with Gasteiger partial charge in [0.05, 0.1) is 16.5 Å². The molecule has 0 N–H and O–H groups in total. The molecule has 2 heterocycles. The summed E-state index contributed by atoms with van der Waals surface area (Å²) in [5, 5.41) is 8.87. The Morgan fingerprint density at radius 3 is 2.21 bits per heavy atom. The van der Waals surface area contributed by atoms with Gasteiger partial charge in [-0.1, -0.05) is 13.8 Å². The van der Waals surface area contributed by atoms with Crippen LogP contribution in [0, 0.1) is 17.2 Å². The smallest absolute Gasteiger partial charge is 0.309 e. The van der Waals surface area contributed by atoms with Crippen molar-refractivity contribution in [2.45, 2.75) is 37.1 Å². The summed E-state index contributed by atoms with van der Waals surface area (Å²) in [5.41, 5.74) is -0.578. The van der Waals surface area contributed by atoms with E-state index in [0.29, 0.717) is 12.1 Å². The molecule has 0 bridgehead atoms. The number of hydrogen-bond donors (Lipinski definition) is 0. The topological polar surface area (TPSA) is 102 Å².